The largest absolute Gasteiger partial charge is 0.497 e. The van der Waals surface area contributed by atoms with E-state index >= 15 is 0 Å². The molecule has 2 aromatic carbocycles. The van der Waals surface area contributed by atoms with Crippen LogP contribution in [0.2, 0.25) is 0 Å². The Morgan fingerprint density at radius 1 is 0.960 bits per heavy atom. The number of amides is 1. The van der Waals surface area contributed by atoms with Gasteiger partial charge < -0.3 is 19.5 Å². The zero-order valence-corrected chi connectivity index (χ0v) is 14.5. The summed E-state index contributed by atoms with van der Waals surface area (Å²) in [5.74, 6) is 1.58. The van der Waals surface area contributed by atoms with E-state index in [2.05, 4.69) is 5.32 Å². The molecule has 0 fully saturated rings. The molecule has 0 aliphatic rings. The second-order valence-electron chi connectivity index (χ2n) is 5.32. The summed E-state index contributed by atoms with van der Waals surface area (Å²) in [5, 5.41) is 2.77. The molecule has 0 spiro atoms. The van der Waals surface area contributed by atoms with Crippen LogP contribution in [0.15, 0.2) is 42.5 Å². The van der Waals surface area contributed by atoms with Crippen LogP contribution in [0.25, 0.3) is 0 Å². The van der Waals surface area contributed by atoms with Gasteiger partial charge in [0, 0.05) is 23.7 Å². The van der Waals surface area contributed by atoms with Gasteiger partial charge in [-0.2, -0.15) is 0 Å². The highest BCUT2D eigenvalue weighted by Gasteiger charge is 2.08. The fourth-order valence-electron chi connectivity index (χ4n) is 2.18. The molecule has 2 aromatic rings. The summed E-state index contributed by atoms with van der Waals surface area (Å²) in [6, 6.07) is 12.0. The summed E-state index contributed by atoms with van der Waals surface area (Å²) in [7, 11) is 3.14. The molecule has 0 atom stereocenters. The van der Waals surface area contributed by atoms with Crippen molar-refractivity contribution in [1.82, 2.24) is 5.32 Å². The molecule has 25 heavy (non-hydrogen) atoms. The van der Waals surface area contributed by atoms with Gasteiger partial charge in [0.1, 0.15) is 17.2 Å². The van der Waals surface area contributed by atoms with Gasteiger partial charge in [0.25, 0.3) is 5.91 Å². The van der Waals surface area contributed by atoms with E-state index in [0.717, 1.165) is 5.56 Å². The van der Waals surface area contributed by atoms with Gasteiger partial charge in [0.2, 0.25) is 0 Å². The molecule has 6 nitrogen and oxygen atoms in total. The minimum absolute atomic E-state index is 0.0160. The van der Waals surface area contributed by atoms with Gasteiger partial charge in [-0.1, -0.05) is 0 Å². The third kappa shape index (κ3) is 5.24. The molecule has 0 saturated heterocycles. The number of nitrogens with one attached hydrogen (secondary N) is 1. The number of carbonyl (C=O) groups is 2. The molecule has 0 aliphatic heterocycles. The van der Waals surface area contributed by atoms with Gasteiger partial charge >= 0.3 is 0 Å². The van der Waals surface area contributed by atoms with E-state index in [-0.39, 0.29) is 18.3 Å². The number of ether oxygens (including phenoxy) is 3. The van der Waals surface area contributed by atoms with E-state index in [1.165, 1.54) is 6.92 Å². The predicted molar refractivity (Wildman–Crippen MR) is 93.3 cm³/mol. The maximum Gasteiger partial charge on any atom is 0.258 e. The first-order chi connectivity index (χ1) is 12.0. The van der Waals surface area contributed by atoms with Crippen molar-refractivity contribution in [3.8, 4) is 17.2 Å². The fraction of sp³-hybridized carbons (Fsp3) is 0.263. The van der Waals surface area contributed by atoms with Crippen molar-refractivity contribution < 1.29 is 23.8 Å². The first-order valence-electron chi connectivity index (χ1n) is 7.75. The normalized spacial score (nSPS) is 10.0. The Hall–Kier alpha value is -3.02. The number of methoxy groups -OCH3 is 2. The van der Waals surface area contributed by atoms with Crippen LogP contribution >= 0.6 is 0 Å². The summed E-state index contributed by atoms with van der Waals surface area (Å²) in [6.07, 6.45) is 0. The standard InChI is InChI=1S/C19H21NO5/c1-13(21)14-4-7-16(8-5-14)25-12-19(22)20-11-15-6-9-17(23-2)10-18(15)24-3/h4-10H,11-12H2,1-3H3,(H,20,22). The van der Waals surface area contributed by atoms with E-state index < -0.39 is 0 Å². The molecule has 0 radical (unpaired) electrons. The lowest BCUT2D eigenvalue weighted by molar-refractivity contribution is -0.123. The highest BCUT2D eigenvalue weighted by atomic mass is 16.5. The molecule has 1 N–H and O–H groups in total. The highest BCUT2D eigenvalue weighted by Crippen LogP contribution is 2.24. The number of hydrogen-bond acceptors (Lipinski definition) is 5. The Morgan fingerprint density at radius 2 is 1.64 bits per heavy atom. The van der Waals surface area contributed by atoms with Crippen LogP contribution in [0.3, 0.4) is 0 Å². The van der Waals surface area contributed by atoms with E-state index in [0.29, 0.717) is 29.4 Å². The van der Waals surface area contributed by atoms with Crippen LogP contribution in [0, 0.1) is 0 Å². The summed E-state index contributed by atoms with van der Waals surface area (Å²) < 4.78 is 15.8. The molecule has 0 unspecified atom stereocenters. The molecule has 0 aliphatic carbocycles. The SMILES string of the molecule is COc1ccc(CNC(=O)COc2ccc(C(C)=O)cc2)c(OC)c1. The van der Waals surface area contributed by atoms with Gasteiger partial charge in [-0.05, 0) is 43.3 Å². The summed E-state index contributed by atoms with van der Waals surface area (Å²) >= 11 is 0. The van der Waals surface area contributed by atoms with Crippen LogP contribution in [0.1, 0.15) is 22.8 Å². The lowest BCUT2D eigenvalue weighted by Gasteiger charge is -2.12. The second-order valence-corrected chi connectivity index (χ2v) is 5.32. The third-order valence-corrected chi connectivity index (χ3v) is 3.60. The van der Waals surface area contributed by atoms with Gasteiger partial charge in [0.15, 0.2) is 12.4 Å². The van der Waals surface area contributed by atoms with E-state index in [1.54, 1.807) is 50.6 Å². The monoisotopic (exact) mass is 343 g/mol. The van der Waals surface area contributed by atoms with E-state index in [1.807, 2.05) is 6.07 Å². The molecular formula is C19H21NO5. The average molecular weight is 343 g/mol. The third-order valence-electron chi connectivity index (χ3n) is 3.60. The van der Waals surface area contributed by atoms with Crippen molar-refractivity contribution in [2.24, 2.45) is 0 Å². The Bertz CT molecular complexity index is 740. The summed E-state index contributed by atoms with van der Waals surface area (Å²) in [6.45, 7) is 1.70. The zero-order valence-electron chi connectivity index (χ0n) is 14.5. The Kier molecular flexibility index (Phi) is 6.39. The minimum Gasteiger partial charge on any atom is -0.497 e. The molecule has 6 heteroatoms. The Morgan fingerprint density at radius 3 is 2.24 bits per heavy atom. The van der Waals surface area contributed by atoms with E-state index in [9.17, 15) is 9.59 Å². The fourth-order valence-corrected chi connectivity index (χ4v) is 2.18. The molecule has 0 aromatic heterocycles. The van der Waals surface area contributed by atoms with Crippen molar-refractivity contribution >= 4 is 11.7 Å². The smallest absolute Gasteiger partial charge is 0.258 e. The van der Waals surface area contributed by atoms with Crippen molar-refractivity contribution in [3.05, 3.63) is 53.6 Å². The zero-order chi connectivity index (χ0) is 18.2. The van der Waals surface area contributed by atoms with Gasteiger partial charge in [0.05, 0.1) is 14.2 Å². The molecule has 1 amide bonds. The van der Waals surface area contributed by atoms with Gasteiger partial charge in [-0.25, -0.2) is 0 Å². The molecular weight excluding hydrogens is 322 g/mol. The van der Waals surface area contributed by atoms with Crippen LogP contribution in [0.5, 0.6) is 17.2 Å². The van der Waals surface area contributed by atoms with Crippen LogP contribution in [-0.2, 0) is 11.3 Å². The minimum atomic E-state index is -0.256. The van der Waals surface area contributed by atoms with Crippen molar-refractivity contribution in [1.29, 1.82) is 0 Å². The maximum atomic E-state index is 11.9. The van der Waals surface area contributed by atoms with E-state index in [4.69, 9.17) is 14.2 Å². The van der Waals surface area contributed by atoms with Crippen LogP contribution in [0.4, 0.5) is 0 Å². The molecule has 0 saturated carbocycles. The lowest BCUT2D eigenvalue weighted by atomic mass is 10.1. The second kappa shape index (κ2) is 8.73. The molecule has 2 rings (SSSR count). The van der Waals surface area contributed by atoms with Gasteiger partial charge in [-0.15, -0.1) is 0 Å². The van der Waals surface area contributed by atoms with Crippen molar-refractivity contribution in [3.63, 3.8) is 0 Å². The number of benzene rings is 2. The van der Waals surface area contributed by atoms with Crippen LogP contribution in [-0.4, -0.2) is 32.5 Å². The first-order valence-corrected chi connectivity index (χ1v) is 7.75. The lowest BCUT2D eigenvalue weighted by Crippen LogP contribution is -2.28. The quantitative estimate of drug-likeness (QED) is 0.746. The molecule has 0 heterocycles. The molecule has 0 bridgehead atoms. The Labute approximate surface area is 146 Å². The average Bonchev–Trinajstić information content (AvgIpc) is 2.64. The first kappa shape index (κ1) is 18.3. The number of carbonyl (C=O) groups excluding carboxylic acids is 2. The number of ketones is 1. The predicted octanol–water partition coefficient (Wildman–Crippen LogP) is 2.60. The van der Waals surface area contributed by atoms with Crippen molar-refractivity contribution in [2.45, 2.75) is 13.5 Å². The van der Waals surface area contributed by atoms with Crippen molar-refractivity contribution in [2.75, 3.05) is 20.8 Å². The summed E-state index contributed by atoms with van der Waals surface area (Å²) in [4.78, 5) is 23.1. The number of rotatable bonds is 8. The number of hydrogen-bond donors (Lipinski definition) is 1. The Balaban J connectivity index is 1.85. The highest BCUT2D eigenvalue weighted by molar-refractivity contribution is 5.94. The van der Waals surface area contributed by atoms with Gasteiger partial charge in [-0.3, -0.25) is 9.59 Å². The topological polar surface area (TPSA) is 73.9 Å². The van der Waals surface area contributed by atoms with Crippen LogP contribution < -0.4 is 19.5 Å². The summed E-state index contributed by atoms with van der Waals surface area (Å²) in [5.41, 5.74) is 1.44. The molecule has 132 valence electrons. The maximum absolute atomic E-state index is 11.9. The number of Topliss-reactive ketones (excluding diaryl/α,β-unsaturated/α-hetero) is 1.